The number of allylic oxidation sites excluding steroid dienone is 1. The van der Waals surface area contributed by atoms with Crippen LogP contribution in [0.4, 0.5) is 11.4 Å². The highest BCUT2D eigenvalue weighted by molar-refractivity contribution is 7.80. The van der Waals surface area contributed by atoms with E-state index >= 15 is 0 Å². The van der Waals surface area contributed by atoms with Crippen molar-refractivity contribution < 1.29 is 0 Å². The molecule has 168 valence electrons. The van der Waals surface area contributed by atoms with Gasteiger partial charge in [0.15, 0.2) is 5.11 Å². The summed E-state index contributed by atoms with van der Waals surface area (Å²) in [7, 11) is 2.17. The third kappa shape index (κ3) is 3.70. The molecule has 1 N–H and O–H groups in total. The number of nitrogens with zero attached hydrogens (tertiary/aromatic N) is 3. The molecule has 33 heavy (non-hydrogen) atoms. The van der Waals surface area contributed by atoms with Gasteiger partial charge in [-0.05, 0) is 87.4 Å². The molecule has 2 aliphatic rings. The number of anilines is 2. The molecule has 3 heterocycles. The fourth-order valence-corrected chi connectivity index (χ4v) is 5.38. The van der Waals surface area contributed by atoms with Crippen LogP contribution in [-0.2, 0) is 0 Å². The van der Waals surface area contributed by atoms with Gasteiger partial charge >= 0.3 is 0 Å². The zero-order chi connectivity index (χ0) is 23.3. The summed E-state index contributed by atoms with van der Waals surface area (Å²) in [5.74, 6) is 0. The largest absolute Gasteiger partial charge is 0.366 e. The first-order chi connectivity index (χ1) is 15.8. The van der Waals surface area contributed by atoms with E-state index in [9.17, 15) is 0 Å². The number of aromatic nitrogens is 1. The Kier molecular flexibility index (Phi) is 5.25. The molecule has 1 aromatic heterocycles. The molecule has 1 saturated heterocycles. The van der Waals surface area contributed by atoms with Crippen LogP contribution < -0.4 is 15.1 Å². The highest BCUT2D eigenvalue weighted by Crippen LogP contribution is 2.45. The Hall–Kier alpha value is -3.18. The first-order valence-corrected chi connectivity index (χ1v) is 11.8. The Morgan fingerprint density at radius 2 is 1.76 bits per heavy atom. The fourth-order valence-electron chi connectivity index (χ4n) is 5.04. The molecule has 0 unspecified atom stereocenters. The average molecular weight is 455 g/mol. The number of aryl methyl sites for hydroxylation is 1. The lowest BCUT2D eigenvalue weighted by Crippen LogP contribution is -2.42. The van der Waals surface area contributed by atoms with Crippen molar-refractivity contribution in [3.8, 4) is 0 Å². The number of hydrogen-bond acceptors (Lipinski definition) is 3. The molecule has 2 aromatic carbocycles. The van der Waals surface area contributed by atoms with Gasteiger partial charge in [-0.1, -0.05) is 35.9 Å². The van der Waals surface area contributed by atoms with Gasteiger partial charge < -0.3 is 15.1 Å². The molecule has 3 aromatic rings. The Labute approximate surface area is 202 Å². The van der Waals surface area contributed by atoms with Crippen LogP contribution in [0.15, 0.2) is 72.9 Å². The number of thiocarbonyl (C=S) groups is 1. The lowest BCUT2D eigenvalue weighted by atomic mass is 9.86. The van der Waals surface area contributed by atoms with Crippen LogP contribution in [0.1, 0.15) is 55.2 Å². The minimum Gasteiger partial charge on any atom is -0.366 e. The maximum atomic E-state index is 5.87. The Morgan fingerprint density at radius 1 is 1.00 bits per heavy atom. The first-order valence-electron chi connectivity index (χ1n) is 11.4. The summed E-state index contributed by atoms with van der Waals surface area (Å²) in [5.41, 5.74) is 8.35. The quantitative estimate of drug-likeness (QED) is 0.476. The van der Waals surface area contributed by atoms with Crippen molar-refractivity contribution in [2.75, 3.05) is 16.8 Å². The summed E-state index contributed by atoms with van der Waals surface area (Å²) < 4.78 is 0. The second-order valence-corrected chi connectivity index (χ2v) is 10.0. The van der Waals surface area contributed by atoms with Gasteiger partial charge in [0, 0.05) is 30.2 Å². The topological polar surface area (TPSA) is 31.4 Å². The molecule has 2 aliphatic heterocycles. The first kappa shape index (κ1) is 21.7. The average Bonchev–Trinajstić information content (AvgIpc) is 3.15. The molecule has 0 bridgehead atoms. The van der Waals surface area contributed by atoms with Gasteiger partial charge in [-0.15, -0.1) is 0 Å². The summed E-state index contributed by atoms with van der Waals surface area (Å²) in [6.45, 7) is 8.82. The molecule has 2 atom stereocenters. The zero-order valence-corrected chi connectivity index (χ0v) is 20.6. The van der Waals surface area contributed by atoms with Gasteiger partial charge in [-0.25, -0.2) is 0 Å². The van der Waals surface area contributed by atoms with Crippen LogP contribution in [0.3, 0.4) is 0 Å². The minimum absolute atomic E-state index is 0.00607. The zero-order valence-electron chi connectivity index (χ0n) is 19.8. The van der Waals surface area contributed by atoms with Crippen molar-refractivity contribution in [3.63, 3.8) is 0 Å². The summed E-state index contributed by atoms with van der Waals surface area (Å²) in [6.07, 6.45) is 4.20. The molecule has 5 rings (SSSR count). The van der Waals surface area contributed by atoms with Crippen molar-refractivity contribution in [3.05, 3.63) is 95.3 Å². The molecule has 0 radical (unpaired) electrons. The SMILES string of the molecule is CC1=CC(C)(C)N(C)c2ccc([C@H]3[C@@H](c4ccccn4)NC(=S)N3c3ccc(C)cc3)cc21. The molecule has 0 spiro atoms. The van der Waals surface area contributed by atoms with Gasteiger partial charge in [0.2, 0.25) is 0 Å². The van der Waals surface area contributed by atoms with Crippen LogP contribution in [0.25, 0.3) is 5.57 Å². The van der Waals surface area contributed by atoms with E-state index < -0.39 is 0 Å². The monoisotopic (exact) mass is 454 g/mol. The number of hydrogen-bond donors (Lipinski definition) is 1. The van der Waals surface area contributed by atoms with E-state index in [0.717, 1.165) is 16.5 Å². The van der Waals surface area contributed by atoms with Gasteiger partial charge in [0.05, 0.1) is 23.3 Å². The van der Waals surface area contributed by atoms with Crippen LogP contribution in [-0.4, -0.2) is 22.7 Å². The highest BCUT2D eigenvalue weighted by atomic mass is 32.1. The molecule has 0 saturated carbocycles. The maximum absolute atomic E-state index is 5.87. The van der Waals surface area contributed by atoms with E-state index in [4.69, 9.17) is 12.2 Å². The van der Waals surface area contributed by atoms with E-state index in [1.54, 1.807) is 0 Å². The van der Waals surface area contributed by atoms with Gasteiger partial charge in [0.25, 0.3) is 0 Å². The summed E-state index contributed by atoms with van der Waals surface area (Å²) in [6, 6.07) is 21.4. The standard InChI is InChI=1S/C28H30N4S/c1-18-9-12-21(13-10-18)32-26(25(30-27(32)33)23-8-6-7-15-29-23)20-11-14-24-22(16-20)19(2)17-28(3,4)31(24)5/h6-17,25-26H,1-5H3,(H,30,33)/t25-,26+/m1/s1. The third-order valence-corrected chi connectivity index (χ3v) is 7.31. The van der Waals surface area contributed by atoms with Crippen molar-refractivity contribution >= 4 is 34.3 Å². The number of nitrogens with one attached hydrogen (secondary N) is 1. The highest BCUT2D eigenvalue weighted by Gasteiger charge is 2.41. The molecule has 4 nitrogen and oxygen atoms in total. The minimum atomic E-state index is -0.0416. The lowest BCUT2D eigenvalue weighted by molar-refractivity contribution is 0.566. The Morgan fingerprint density at radius 3 is 2.45 bits per heavy atom. The van der Waals surface area contributed by atoms with Crippen molar-refractivity contribution in [1.29, 1.82) is 0 Å². The third-order valence-electron chi connectivity index (χ3n) is 6.99. The van der Waals surface area contributed by atoms with Crippen LogP contribution in [0.2, 0.25) is 0 Å². The van der Waals surface area contributed by atoms with Gasteiger partial charge in [-0.3, -0.25) is 4.98 Å². The Balaban J connectivity index is 1.65. The molecular weight excluding hydrogens is 424 g/mol. The van der Waals surface area contributed by atoms with E-state index in [2.05, 4.69) is 109 Å². The summed E-state index contributed by atoms with van der Waals surface area (Å²) >= 11 is 5.87. The van der Waals surface area contributed by atoms with E-state index in [1.165, 1.54) is 28.0 Å². The second kappa shape index (κ2) is 7.99. The van der Waals surface area contributed by atoms with Crippen LogP contribution >= 0.6 is 12.2 Å². The predicted octanol–water partition coefficient (Wildman–Crippen LogP) is 6.20. The molecule has 0 aliphatic carbocycles. The lowest BCUT2D eigenvalue weighted by Gasteiger charge is -2.41. The second-order valence-electron chi connectivity index (χ2n) is 9.65. The number of rotatable bonds is 3. The normalized spacial score (nSPS) is 21.5. The molecule has 5 heteroatoms. The number of likely N-dealkylation sites (N-methyl/N-ethyl adjacent to an activating group) is 1. The summed E-state index contributed by atoms with van der Waals surface area (Å²) in [4.78, 5) is 9.27. The van der Waals surface area contributed by atoms with Crippen molar-refractivity contribution in [2.24, 2.45) is 0 Å². The van der Waals surface area contributed by atoms with Crippen molar-refractivity contribution in [1.82, 2.24) is 10.3 Å². The van der Waals surface area contributed by atoms with Crippen LogP contribution in [0, 0.1) is 6.92 Å². The maximum Gasteiger partial charge on any atom is 0.174 e. The molecular formula is C28H30N4S. The van der Waals surface area contributed by atoms with Gasteiger partial charge in [-0.2, -0.15) is 0 Å². The molecule has 0 amide bonds. The van der Waals surface area contributed by atoms with Crippen LogP contribution in [0.5, 0.6) is 0 Å². The summed E-state index contributed by atoms with van der Waals surface area (Å²) in [5, 5.41) is 4.29. The van der Waals surface area contributed by atoms with Crippen molar-refractivity contribution in [2.45, 2.75) is 45.3 Å². The molecule has 1 fully saturated rings. The van der Waals surface area contributed by atoms with E-state index in [1.807, 2.05) is 18.3 Å². The predicted molar refractivity (Wildman–Crippen MR) is 142 cm³/mol. The van der Waals surface area contributed by atoms with E-state index in [-0.39, 0.29) is 17.6 Å². The van der Waals surface area contributed by atoms with Gasteiger partial charge in [0.1, 0.15) is 0 Å². The fraction of sp³-hybridized carbons (Fsp3) is 0.286. The number of pyridine rings is 1. The Bertz CT molecular complexity index is 1230. The van der Waals surface area contributed by atoms with E-state index in [0.29, 0.717) is 0 Å². The smallest absolute Gasteiger partial charge is 0.174 e. The number of fused-ring (bicyclic) bond motifs is 1. The number of benzene rings is 2.